The molecule has 0 N–H and O–H groups in total. The van der Waals surface area contributed by atoms with Gasteiger partial charge in [0.2, 0.25) is 0 Å². The van der Waals surface area contributed by atoms with Crippen LogP contribution in [0.3, 0.4) is 0 Å². The minimum Gasteiger partial charge on any atom is -0.465 e. The zero-order valence-electron chi connectivity index (χ0n) is 8.17. The van der Waals surface area contributed by atoms with Crippen LogP contribution in [-0.2, 0) is 19.1 Å². The number of carbonyl (C=O) groups is 2. The van der Waals surface area contributed by atoms with E-state index in [1.807, 2.05) is 0 Å². The molecule has 0 aliphatic rings. The number of ether oxygens (including phenoxy) is 2. The summed E-state index contributed by atoms with van der Waals surface area (Å²) in [6.07, 6.45) is 1.20. The molecular weight excluding hydrogens is 191 g/mol. The molecule has 0 aromatic heterocycles. The molecule has 0 unspecified atom stereocenters. The summed E-state index contributed by atoms with van der Waals surface area (Å²) in [7, 11) is 2.25. The van der Waals surface area contributed by atoms with Crippen LogP contribution < -0.4 is 0 Å². The van der Waals surface area contributed by atoms with Crippen molar-refractivity contribution < 1.29 is 23.5 Å². The van der Waals surface area contributed by atoms with E-state index in [2.05, 4.69) is 9.47 Å². The Labute approximate surface area is 81.0 Å². The third kappa shape index (κ3) is 3.01. The normalized spacial score (nSPS) is 9.71. The van der Waals surface area contributed by atoms with E-state index < -0.39 is 11.9 Å². The van der Waals surface area contributed by atoms with Gasteiger partial charge in [-0.05, 0) is 18.6 Å². The van der Waals surface area contributed by atoms with Crippen LogP contribution in [0, 0.1) is 0 Å². The molecule has 0 radical (unpaired) electrons. The Balaban J connectivity index is 5.18. The highest BCUT2D eigenvalue weighted by atomic mass is 19.1. The SMILES string of the molecule is COC(=O)C(C(=O)OC)=C(C)/C=C\F. The fraction of sp³-hybridized carbons (Fsp3) is 0.333. The Morgan fingerprint density at radius 1 is 1.14 bits per heavy atom. The molecule has 5 heteroatoms. The van der Waals surface area contributed by atoms with Crippen LogP contribution in [0.1, 0.15) is 6.92 Å². The van der Waals surface area contributed by atoms with Gasteiger partial charge >= 0.3 is 11.9 Å². The van der Waals surface area contributed by atoms with Crippen molar-refractivity contribution in [2.24, 2.45) is 0 Å². The molecule has 0 aliphatic heterocycles. The number of methoxy groups -OCH3 is 2. The third-order valence-electron chi connectivity index (χ3n) is 1.49. The highest BCUT2D eigenvalue weighted by Gasteiger charge is 2.21. The Kier molecular flexibility index (Phi) is 5.21. The lowest BCUT2D eigenvalue weighted by Crippen LogP contribution is -2.17. The summed E-state index contributed by atoms with van der Waals surface area (Å²) in [5.74, 6) is -1.71. The summed E-state index contributed by atoms with van der Waals surface area (Å²) in [5.41, 5.74) is -0.171. The number of carbonyl (C=O) groups excluding carboxylic acids is 2. The highest BCUT2D eigenvalue weighted by molar-refractivity contribution is 6.14. The van der Waals surface area contributed by atoms with Crippen molar-refractivity contribution >= 4 is 11.9 Å². The van der Waals surface area contributed by atoms with E-state index in [0.717, 1.165) is 20.3 Å². The number of halogens is 1. The predicted molar refractivity (Wildman–Crippen MR) is 47.0 cm³/mol. The maximum atomic E-state index is 11.8. The van der Waals surface area contributed by atoms with Gasteiger partial charge in [0.1, 0.15) is 5.57 Å². The molecule has 0 amide bonds. The summed E-state index contributed by atoms with van der Waals surface area (Å²) in [4.78, 5) is 22.2. The molecule has 0 spiro atoms. The van der Waals surface area contributed by atoms with Gasteiger partial charge in [-0.3, -0.25) is 0 Å². The summed E-state index contributed by atoms with van der Waals surface area (Å²) in [6.45, 7) is 1.40. The van der Waals surface area contributed by atoms with Crippen molar-refractivity contribution in [3.8, 4) is 0 Å². The van der Waals surface area contributed by atoms with E-state index >= 15 is 0 Å². The summed E-state index contributed by atoms with van der Waals surface area (Å²) in [6, 6.07) is 0. The molecule has 78 valence electrons. The quantitative estimate of drug-likeness (QED) is 0.226. The molecule has 0 aliphatic carbocycles. The molecule has 0 rings (SSSR count). The molecule has 0 aromatic rings. The maximum absolute atomic E-state index is 11.8. The van der Waals surface area contributed by atoms with Crippen LogP contribution in [0.5, 0.6) is 0 Å². The van der Waals surface area contributed by atoms with Crippen LogP contribution in [0.4, 0.5) is 4.39 Å². The Morgan fingerprint density at radius 2 is 1.57 bits per heavy atom. The molecule has 0 heterocycles. The van der Waals surface area contributed by atoms with Gasteiger partial charge in [-0.1, -0.05) is 0 Å². The van der Waals surface area contributed by atoms with Crippen molar-refractivity contribution in [2.75, 3.05) is 14.2 Å². The minimum absolute atomic E-state index is 0.145. The van der Waals surface area contributed by atoms with Gasteiger partial charge < -0.3 is 9.47 Å². The van der Waals surface area contributed by atoms with Crippen LogP contribution in [0.2, 0.25) is 0 Å². The van der Waals surface area contributed by atoms with Gasteiger partial charge in [0, 0.05) is 0 Å². The van der Waals surface area contributed by atoms with E-state index in [-0.39, 0.29) is 17.5 Å². The Bertz CT molecular complexity index is 273. The van der Waals surface area contributed by atoms with Gasteiger partial charge in [-0.15, -0.1) is 0 Å². The van der Waals surface area contributed by atoms with Gasteiger partial charge in [-0.2, -0.15) is 0 Å². The summed E-state index contributed by atoms with van der Waals surface area (Å²) >= 11 is 0. The summed E-state index contributed by atoms with van der Waals surface area (Å²) in [5, 5.41) is 0. The Hall–Kier alpha value is -1.65. The molecule has 0 saturated heterocycles. The topological polar surface area (TPSA) is 52.6 Å². The monoisotopic (exact) mass is 202 g/mol. The standard InChI is InChI=1S/C9H11FO4/c1-6(4-5-10)7(8(11)13-2)9(12)14-3/h4-5H,1-3H3/b5-4-. The van der Waals surface area contributed by atoms with Crippen LogP contribution in [0.25, 0.3) is 0 Å². The zero-order valence-corrected chi connectivity index (χ0v) is 8.17. The van der Waals surface area contributed by atoms with Crippen molar-refractivity contribution in [2.45, 2.75) is 6.92 Å². The van der Waals surface area contributed by atoms with Crippen molar-refractivity contribution in [1.82, 2.24) is 0 Å². The number of esters is 2. The molecule has 0 bridgehead atoms. The van der Waals surface area contributed by atoms with Gasteiger partial charge in [0.05, 0.1) is 20.5 Å². The highest BCUT2D eigenvalue weighted by Crippen LogP contribution is 2.09. The van der Waals surface area contributed by atoms with E-state index in [0.29, 0.717) is 0 Å². The zero-order chi connectivity index (χ0) is 11.1. The fourth-order valence-electron chi connectivity index (χ4n) is 0.787. The minimum atomic E-state index is -0.854. The van der Waals surface area contributed by atoms with Gasteiger partial charge in [0.15, 0.2) is 0 Å². The molecule has 0 fully saturated rings. The molecular formula is C9H11FO4. The first-order chi connectivity index (χ1) is 6.58. The lowest BCUT2D eigenvalue weighted by atomic mass is 10.1. The van der Waals surface area contributed by atoms with Crippen molar-refractivity contribution in [3.05, 3.63) is 23.6 Å². The third-order valence-corrected chi connectivity index (χ3v) is 1.49. The van der Waals surface area contributed by atoms with Crippen LogP contribution >= 0.6 is 0 Å². The number of rotatable bonds is 3. The summed E-state index contributed by atoms with van der Waals surface area (Å²) < 4.78 is 20.5. The second kappa shape index (κ2) is 5.90. The lowest BCUT2D eigenvalue weighted by Gasteiger charge is -2.04. The Morgan fingerprint density at radius 3 is 1.86 bits per heavy atom. The first-order valence-electron chi connectivity index (χ1n) is 3.72. The number of hydrogen-bond donors (Lipinski definition) is 0. The maximum Gasteiger partial charge on any atom is 0.345 e. The molecule has 0 aromatic carbocycles. The lowest BCUT2D eigenvalue weighted by molar-refractivity contribution is -0.144. The largest absolute Gasteiger partial charge is 0.465 e. The predicted octanol–water partition coefficient (Wildman–Crippen LogP) is 1.13. The van der Waals surface area contributed by atoms with Crippen molar-refractivity contribution in [1.29, 1.82) is 0 Å². The second-order valence-electron chi connectivity index (χ2n) is 2.33. The fourth-order valence-corrected chi connectivity index (χ4v) is 0.787. The molecule has 4 nitrogen and oxygen atoms in total. The van der Waals surface area contributed by atoms with E-state index in [4.69, 9.17) is 0 Å². The van der Waals surface area contributed by atoms with E-state index in [1.54, 1.807) is 0 Å². The molecule has 0 saturated carbocycles. The first kappa shape index (κ1) is 12.3. The van der Waals surface area contributed by atoms with Crippen LogP contribution in [0.15, 0.2) is 23.6 Å². The number of allylic oxidation sites excluding steroid dienone is 2. The van der Waals surface area contributed by atoms with Gasteiger partial charge in [0.25, 0.3) is 0 Å². The van der Waals surface area contributed by atoms with Crippen LogP contribution in [-0.4, -0.2) is 26.2 Å². The molecule has 14 heavy (non-hydrogen) atoms. The van der Waals surface area contributed by atoms with E-state index in [1.165, 1.54) is 6.92 Å². The first-order valence-corrected chi connectivity index (χ1v) is 3.72. The average Bonchev–Trinajstić information content (AvgIpc) is 2.17. The smallest absolute Gasteiger partial charge is 0.345 e. The molecule has 0 atom stereocenters. The van der Waals surface area contributed by atoms with E-state index in [9.17, 15) is 14.0 Å². The number of hydrogen-bond acceptors (Lipinski definition) is 4. The van der Waals surface area contributed by atoms with Crippen molar-refractivity contribution in [3.63, 3.8) is 0 Å². The van der Waals surface area contributed by atoms with Gasteiger partial charge in [-0.25, -0.2) is 14.0 Å². The average molecular weight is 202 g/mol. The second-order valence-corrected chi connectivity index (χ2v) is 2.33.